The van der Waals surface area contributed by atoms with Crippen LogP contribution in [0.2, 0.25) is 0 Å². The third-order valence-electron chi connectivity index (χ3n) is 1.95. The van der Waals surface area contributed by atoms with Gasteiger partial charge in [-0.05, 0) is 54.5 Å². The molecule has 0 amide bonds. The number of hydrogen-bond acceptors (Lipinski definition) is 1. The van der Waals surface area contributed by atoms with Crippen LogP contribution in [-0.4, -0.2) is 4.98 Å². The topological polar surface area (TPSA) is 32.9 Å². The summed E-state index contributed by atoms with van der Waals surface area (Å²) in [6.07, 6.45) is 0. The van der Waals surface area contributed by atoms with Gasteiger partial charge < -0.3 is 4.98 Å². The average Bonchev–Trinajstić information content (AvgIpc) is 1.97. The molecule has 0 radical (unpaired) electrons. The summed E-state index contributed by atoms with van der Waals surface area (Å²) in [6.45, 7) is 5.90. The van der Waals surface area contributed by atoms with E-state index in [1.807, 2.05) is 20.8 Å². The maximum absolute atomic E-state index is 11.1. The molecule has 0 fully saturated rings. The fourth-order valence-corrected chi connectivity index (χ4v) is 1.47. The van der Waals surface area contributed by atoms with Crippen molar-refractivity contribution in [2.45, 2.75) is 20.8 Å². The second-order valence-corrected chi connectivity index (χ2v) is 3.72. The summed E-state index contributed by atoms with van der Waals surface area (Å²) < 4.78 is 0.797. The predicted molar refractivity (Wildman–Crippen MR) is 54.0 cm³/mol. The molecule has 0 aromatic carbocycles. The molecule has 0 unspecified atom stereocenters. The number of H-pyrrole nitrogens is 1. The maximum Gasteiger partial charge on any atom is 0.261 e. The van der Waals surface area contributed by atoms with Crippen molar-refractivity contribution in [3.63, 3.8) is 0 Å². The summed E-state index contributed by atoms with van der Waals surface area (Å²) in [5, 5.41) is 0. The average molecular weight is 263 g/mol. The second-order valence-electron chi connectivity index (χ2n) is 2.64. The van der Waals surface area contributed by atoms with Gasteiger partial charge in [-0.15, -0.1) is 0 Å². The van der Waals surface area contributed by atoms with Crippen molar-refractivity contribution in [1.29, 1.82) is 0 Å². The highest BCUT2D eigenvalue weighted by Gasteiger charge is 2.04. The monoisotopic (exact) mass is 263 g/mol. The number of hydrogen-bond donors (Lipinski definition) is 1. The Morgan fingerprint density at radius 3 is 2.27 bits per heavy atom. The van der Waals surface area contributed by atoms with E-state index in [1.54, 1.807) is 0 Å². The number of pyridine rings is 1. The van der Waals surface area contributed by atoms with Crippen LogP contribution in [0.25, 0.3) is 0 Å². The van der Waals surface area contributed by atoms with Gasteiger partial charge in [0.15, 0.2) is 0 Å². The number of rotatable bonds is 0. The van der Waals surface area contributed by atoms with E-state index in [0.717, 1.165) is 14.8 Å². The summed E-state index contributed by atoms with van der Waals surface area (Å²) in [7, 11) is 0. The normalized spacial score (nSPS) is 10.2. The minimum atomic E-state index is 0.0196. The van der Waals surface area contributed by atoms with Crippen LogP contribution in [0.5, 0.6) is 0 Å². The third-order valence-corrected chi connectivity index (χ3v) is 3.25. The van der Waals surface area contributed by atoms with E-state index in [2.05, 4.69) is 27.6 Å². The molecule has 0 spiro atoms. The van der Waals surface area contributed by atoms with Crippen LogP contribution >= 0.6 is 22.6 Å². The summed E-state index contributed by atoms with van der Waals surface area (Å²) >= 11 is 2.07. The van der Waals surface area contributed by atoms with Crippen molar-refractivity contribution < 1.29 is 0 Å². The van der Waals surface area contributed by atoms with E-state index < -0.39 is 0 Å². The molecule has 11 heavy (non-hydrogen) atoms. The number of halogens is 1. The van der Waals surface area contributed by atoms with Crippen LogP contribution in [0, 0.1) is 24.3 Å². The van der Waals surface area contributed by atoms with Crippen molar-refractivity contribution >= 4 is 22.6 Å². The van der Waals surface area contributed by atoms with E-state index in [0.29, 0.717) is 0 Å². The van der Waals surface area contributed by atoms with Gasteiger partial charge in [-0.3, -0.25) is 4.79 Å². The van der Waals surface area contributed by atoms with Gasteiger partial charge in [-0.2, -0.15) is 0 Å². The molecule has 0 atom stereocenters. The van der Waals surface area contributed by atoms with Gasteiger partial charge in [0, 0.05) is 5.69 Å². The molecule has 1 N–H and O–H groups in total. The first kappa shape index (κ1) is 8.77. The zero-order chi connectivity index (χ0) is 8.59. The zero-order valence-corrected chi connectivity index (χ0v) is 8.94. The Labute approximate surface area is 79.2 Å². The number of aromatic nitrogens is 1. The van der Waals surface area contributed by atoms with Crippen LogP contribution in [0.3, 0.4) is 0 Å². The van der Waals surface area contributed by atoms with Crippen LogP contribution < -0.4 is 5.56 Å². The highest BCUT2D eigenvalue weighted by molar-refractivity contribution is 14.1. The van der Waals surface area contributed by atoms with Gasteiger partial charge in [0.1, 0.15) is 0 Å². The summed E-state index contributed by atoms with van der Waals surface area (Å²) in [6, 6.07) is 0. The fourth-order valence-electron chi connectivity index (χ4n) is 0.935. The minimum absolute atomic E-state index is 0.0196. The molecule has 1 aromatic heterocycles. The molecular formula is C8H10INO. The van der Waals surface area contributed by atoms with Gasteiger partial charge in [0.25, 0.3) is 5.56 Å². The molecule has 1 rings (SSSR count). The lowest BCUT2D eigenvalue weighted by Gasteiger charge is -2.04. The van der Waals surface area contributed by atoms with Crippen molar-refractivity contribution in [2.24, 2.45) is 0 Å². The number of aryl methyl sites for hydroxylation is 1. The minimum Gasteiger partial charge on any atom is -0.325 e. The molecule has 1 heterocycles. The van der Waals surface area contributed by atoms with E-state index in [1.165, 1.54) is 5.56 Å². The second kappa shape index (κ2) is 2.97. The third kappa shape index (κ3) is 1.47. The summed E-state index contributed by atoms with van der Waals surface area (Å²) in [4.78, 5) is 13.9. The van der Waals surface area contributed by atoms with Gasteiger partial charge in [0.05, 0.1) is 3.57 Å². The van der Waals surface area contributed by atoms with Crippen LogP contribution in [0.15, 0.2) is 4.79 Å². The maximum atomic E-state index is 11.1. The van der Waals surface area contributed by atoms with Crippen molar-refractivity contribution in [3.05, 3.63) is 30.7 Å². The van der Waals surface area contributed by atoms with E-state index in [4.69, 9.17) is 0 Å². The quantitative estimate of drug-likeness (QED) is 0.712. The molecule has 0 aliphatic rings. The van der Waals surface area contributed by atoms with Crippen LogP contribution in [0.1, 0.15) is 16.8 Å². The lowest BCUT2D eigenvalue weighted by molar-refractivity contribution is 1.06. The van der Waals surface area contributed by atoms with E-state index in [9.17, 15) is 4.79 Å². The fraction of sp³-hybridized carbons (Fsp3) is 0.375. The Kier molecular flexibility index (Phi) is 2.37. The Hall–Kier alpha value is -0.320. The Bertz CT molecular complexity index is 341. The molecule has 0 saturated heterocycles. The Balaban J connectivity index is 3.59. The Morgan fingerprint density at radius 1 is 1.18 bits per heavy atom. The predicted octanol–water partition coefficient (Wildman–Crippen LogP) is 1.90. The first-order valence-corrected chi connectivity index (χ1v) is 4.47. The molecule has 0 aliphatic heterocycles. The van der Waals surface area contributed by atoms with Crippen molar-refractivity contribution in [2.75, 3.05) is 0 Å². The standard InChI is InChI=1S/C8H10INO/c1-4-5(2)7(9)8(11)10-6(4)3/h1-3H3,(H,10,11). The van der Waals surface area contributed by atoms with Crippen LogP contribution in [-0.2, 0) is 0 Å². The summed E-state index contributed by atoms with van der Waals surface area (Å²) in [5.41, 5.74) is 3.25. The molecule has 60 valence electrons. The lowest BCUT2D eigenvalue weighted by atomic mass is 10.1. The molecule has 0 bridgehead atoms. The SMILES string of the molecule is Cc1[nH]c(=O)c(I)c(C)c1C. The molecule has 1 aromatic rings. The lowest BCUT2D eigenvalue weighted by Crippen LogP contribution is -2.14. The molecule has 0 saturated carbocycles. The smallest absolute Gasteiger partial charge is 0.261 e. The highest BCUT2D eigenvalue weighted by Crippen LogP contribution is 2.12. The largest absolute Gasteiger partial charge is 0.325 e. The number of aromatic amines is 1. The van der Waals surface area contributed by atoms with E-state index in [-0.39, 0.29) is 5.56 Å². The highest BCUT2D eigenvalue weighted by atomic mass is 127. The van der Waals surface area contributed by atoms with Crippen molar-refractivity contribution in [3.8, 4) is 0 Å². The van der Waals surface area contributed by atoms with Gasteiger partial charge in [-0.25, -0.2) is 0 Å². The molecule has 2 nitrogen and oxygen atoms in total. The molecular weight excluding hydrogens is 253 g/mol. The van der Waals surface area contributed by atoms with Gasteiger partial charge in [-0.1, -0.05) is 0 Å². The Morgan fingerprint density at radius 2 is 1.73 bits per heavy atom. The number of nitrogens with one attached hydrogen (secondary N) is 1. The summed E-state index contributed by atoms with van der Waals surface area (Å²) in [5.74, 6) is 0. The zero-order valence-electron chi connectivity index (χ0n) is 6.79. The molecule has 0 aliphatic carbocycles. The molecule has 3 heteroatoms. The first-order valence-electron chi connectivity index (χ1n) is 3.39. The van der Waals surface area contributed by atoms with E-state index >= 15 is 0 Å². The van der Waals surface area contributed by atoms with Crippen LogP contribution in [0.4, 0.5) is 0 Å². The van der Waals surface area contributed by atoms with Crippen molar-refractivity contribution in [1.82, 2.24) is 4.98 Å². The first-order chi connectivity index (χ1) is 5.04. The van der Waals surface area contributed by atoms with Gasteiger partial charge >= 0.3 is 0 Å². The van der Waals surface area contributed by atoms with Gasteiger partial charge in [0.2, 0.25) is 0 Å².